The van der Waals surface area contributed by atoms with Crippen molar-refractivity contribution in [3.8, 4) is 11.1 Å². The summed E-state index contributed by atoms with van der Waals surface area (Å²) in [5.74, 6) is 0. The van der Waals surface area contributed by atoms with Crippen molar-refractivity contribution in [2.45, 2.75) is 77.0 Å². The summed E-state index contributed by atoms with van der Waals surface area (Å²) in [6.45, 7) is 0. The summed E-state index contributed by atoms with van der Waals surface area (Å²) in [4.78, 5) is 0. The van der Waals surface area contributed by atoms with Gasteiger partial charge < -0.3 is 0 Å². The SMILES string of the molecule is c1ccc(CCCc2ccc(P(c3ccc(CCCc4ccccc4)cc3)c3ccc4ccccc4c3-c3c(P(c4ccc(CCCc5ccccc5)cc4)c4ccc(CCCc5ccccc5)cc4)ccc4ccccc34)cc2)cc1. The lowest BCUT2D eigenvalue weighted by Crippen LogP contribution is -2.26. The summed E-state index contributed by atoms with van der Waals surface area (Å²) in [6.07, 6.45) is 13.1. The van der Waals surface area contributed by atoms with Crippen LogP contribution in [0.25, 0.3) is 32.7 Å². The van der Waals surface area contributed by atoms with E-state index in [0.29, 0.717) is 0 Å². The molecule has 0 spiro atoms. The van der Waals surface area contributed by atoms with Gasteiger partial charge >= 0.3 is 0 Å². The highest BCUT2D eigenvalue weighted by molar-refractivity contribution is 7.80. The van der Waals surface area contributed by atoms with E-state index in [-0.39, 0.29) is 0 Å². The quantitative estimate of drug-likeness (QED) is 0.0560. The molecule has 0 fully saturated rings. The number of rotatable bonds is 23. The molecule has 0 N–H and O–H groups in total. The number of benzene rings is 12. The Morgan fingerprint density at radius 1 is 0.183 bits per heavy atom. The third-order valence-electron chi connectivity index (χ3n) is 16.4. The molecule has 0 aliphatic rings. The Labute approximate surface area is 490 Å². The van der Waals surface area contributed by atoms with Crippen LogP contribution in [0.2, 0.25) is 0 Å². The second-order valence-corrected chi connectivity index (χ2v) is 26.4. The lowest BCUT2D eigenvalue weighted by molar-refractivity contribution is 0.821. The second-order valence-electron chi connectivity index (χ2n) is 22.1. The van der Waals surface area contributed by atoms with Crippen molar-refractivity contribution in [2.75, 3.05) is 0 Å². The van der Waals surface area contributed by atoms with Crippen LogP contribution in [0.1, 0.15) is 70.2 Å². The number of hydrogen-bond donors (Lipinski definition) is 0. The van der Waals surface area contributed by atoms with Crippen LogP contribution < -0.4 is 31.8 Å². The molecule has 0 atom stereocenters. The van der Waals surface area contributed by atoms with Crippen LogP contribution in [0.5, 0.6) is 0 Å². The van der Waals surface area contributed by atoms with E-state index in [0.717, 1.165) is 77.0 Å². The Kier molecular flexibility index (Phi) is 18.1. The summed E-state index contributed by atoms with van der Waals surface area (Å²) in [7, 11) is -2.06. The van der Waals surface area contributed by atoms with Gasteiger partial charge in [0.2, 0.25) is 0 Å². The molecular weight excluding hydrogens is 1020 g/mol. The first kappa shape index (κ1) is 54.6. The summed E-state index contributed by atoms with van der Waals surface area (Å²) < 4.78 is 0. The minimum absolute atomic E-state index is 1.03. The highest BCUT2D eigenvalue weighted by atomic mass is 31.1. The van der Waals surface area contributed by atoms with Crippen LogP contribution >= 0.6 is 15.8 Å². The molecule has 2 heteroatoms. The first-order valence-electron chi connectivity index (χ1n) is 29.8. The average Bonchev–Trinajstić information content (AvgIpc) is 2.14. The molecule has 0 bridgehead atoms. The lowest BCUT2D eigenvalue weighted by atomic mass is 9.93. The Bertz CT molecular complexity index is 3490. The van der Waals surface area contributed by atoms with Gasteiger partial charge in [0.1, 0.15) is 0 Å². The van der Waals surface area contributed by atoms with Crippen LogP contribution in [0, 0.1) is 0 Å². The normalized spacial score (nSPS) is 11.5. The summed E-state index contributed by atoms with van der Waals surface area (Å²) in [6, 6.07) is 111. The van der Waals surface area contributed by atoms with Crippen molar-refractivity contribution in [1.82, 2.24) is 0 Å². The van der Waals surface area contributed by atoms with Gasteiger partial charge in [0, 0.05) is 0 Å². The topological polar surface area (TPSA) is 0 Å². The fraction of sp³-hybridized carbons (Fsp3) is 0.150. The zero-order valence-electron chi connectivity index (χ0n) is 47.1. The van der Waals surface area contributed by atoms with Gasteiger partial charge in [-0.25, -0.2) is 0 Å². The van der Waals surface area contributed by atoms with Gasteiger partial charge in [-0.2, -0.15) is 0 Å². The third-order valence-corrected chi connectivity index (χ3v) is 21.4. The molecule has 0 heterocycles. The Balaban J connectivity index is 0.978. The molecule has 0 nitrogen and oxygen atoms in total. The Hall–Kier alpha value is -7.98. The third kappa shape index (κ3) is 13.5. The molecule has 0 saturated heterocycles. The maximum absolute atomic E-state index is 2.51. The molecule has 0 aliphatic heterocycles. The smallest absolute Gasteiger partial charge is 0.000884 e. The van der Waals surface area contributed by atoms with Crippen molar-refractivity contribution in [1.29, 1.82) is 0 Å². The van der Waals surface area contributed by atoms with Gasteiger partial charge in [0.15, 0.2) is 0 Å². The van der Waals surface area contributed by atoms with Gasteiger partial charge in [0.25, 0.3) is 0 Å². The molecule has 402 valence electrons. The molecular formula is C80H72P2. The predicted octanol–water partition coefficient (Wildman–Crippen LogP) is 17.9. The van der Waals surface area contributed by atoms with Crippen LogP contribution in [-0.2, 0) is 51.4 Å². The second kappa shape index (κ2) is 27.2. The van der Waals surface area contributed by atoms with Gasteiger partial charge in [-0.3, -0.25) is 0 Å². The maximum Gasteiger partial charge on any atom is -0.000884 e. The summed E-state index contributed by atoms with van der Waals surface area (Å²) >= 11 is 0. The largest absolute Gasteiger partial charge is 0.0622 e. The molecule has 0 aromatic heterocycles. The Morgan fingerprint density at radius 2 is 0.402 bits per heavy atom. The minimum Gasteiger partial charge on any atom is -0.0622 e. The number of fused-ring (bicyclic) bond motifs is 2. The summed E-state index contributed by atoms with van der Waals surface area (Å²) in [5.41, 5.74) is 13.9. The van der Waals surface area contributed by atoms with Gasteiger partial charge in [-0.15, -0.1) is 0 Å². The van der Waals surface area contributed by atoms with Crippen LogP contribution in [0.4, 0.5) is 0 Å². The Morgan fingerprint density at radius 3 is 0.659 bits per heavy atom. The molecule has 12 rings (SSSR count). The predicted molar refractivity (Wildman–Crippen MR) is 358 cm³/mol. The van der Waals surface area contributed by atoms with Gasteiger partial charge in [0.05, 0.1) is 0 Å². The molecule has 0 unspecified atom stereocenters. The molecule has 0 saturated carbocycles. The zero-order valence-corrected chi connectivity index (χ0v) is 48.9. The molecule has 82 heavy (non-hydrogen) atoms. The molecule has 0 amide bonds. The van der Waals surface area contributed by atoms with Crippen molar-refractivity contribution in [2.24, 2.45) is 0 Å². The lowest BCUT2D eigenvalue weighted by Gasteiger charge is -2.29. The van der Waals surface area contributed by atoms with Crippen LogP contribution in [0.15, 0.2) is 291 Å². The highest BCUT2D eigenvalue weighted by Gasteiger charge is 2.28. The van der Waals surface area contributed by atoms with Gasteiger partial charge in [-0.05, 0) is 202 Å². The minimum atomic E-state index is -1.03. The number of hydrogen-bond acceptors (Lipinski definition) is 0. The monoisotopic (exact) mass is 1090 g/mol. The average molecular weight is 1100 g/mol. The van der Waals surface area contributed by atoms with E-state index in [1.165, 1.54) is 109 Å². The standard InChI is InChI=1S/C80H72P2/c1-5-21-61(22-6-1)29-17-33-65-41-51-71(52-42-65)81(72-53-43-66(44-54-72)34-18-30-62-23-7-2-8-24-62)77-59-49-69-37-13-15-39-75(69)79(77)80-76-40-16-14-38-70(76)50-60-78(80)82(73-55-45-67(46-56-73)35-19-31-63-25-9-3-10-26-63)74-57-47-68(48-58-74)36-20-32-64-27-11-4-12-28-64/h1-16,21-28,37-60H,17-20,29-36H2. The fourth-order valence-electron chi connectivity index (χ4n) is 12.1. The first-order valence-corrected chi connectivity index (χ1v) is 32.5. The van der Waals surface area contributed by atoms with Crippen molar-refractivity contribution in [3.05, 3.63) is 336 Å². The van der Waals surface area contributed by atoms with Crippen LogP contribution in [0.3, 0.4) is 0 Å². The van der Waals surface area contributed by atoms with E-state index in [1.807, 2.05) is 0 Å². The van der Waals surface area contributed by atoms with E-state index < -0.39 is 15.8 Å². The summed E-state index contributed by atoms with van der Waals surface area (Å²) in [5, 5.41) is 13.5. The first-order chi connectivity index (χ1) is 40.7. The fourth-order valence-corrected chi connectivity index (χ4v) is 16.9. The molecule has 0 radical (unpaired) electrons. The van der Waals surface area contributed by atoms with E-state index >= 15 is 0 Å². The number of aryl methyl sites for hydroxylation is 8. The van der Waals surface area contributed by atoms with E-state index in [1.54, 1.807) is 0 Å². The maximum atomic E-state index is 2.51. The van der Waals surface area contributed by atoms with Crippen molar-refractivity contribution >= 4 is 69.2 Å². The van der Waals surface area contributed by atoms with Gasteiger partial charge in [-0.1, -0.05) is 291 Å². The van der Waals surface area contributed by atoms with E-state index in [4.69, 9.17) is 0 Å². The molecule has 12 aromatic rings. The van der Waals surface area contributed by atoms with Crippen molar-refractivity contribution in [3.63, 3.8) is 0 Å². The van der Waals surface area contributed by atoms with E-state index in [9.17, 15) is 0 Å². The molecule has 0 aliphatic carbocycles. The van der Waals surface area contributed by atoms with Crippen molar-refractivity contribution < 1.29 is 0 Å². The van der Waals surface area contributed by atoms with E-state index in [2.05, 4.69) is 291 Å². The highest BCUT2D eigenvalue weighted by Crippen LogP contribution is 2.46. The zero-order chi connectivity index (χ0) is 55.1. The molecule has 12 aromatic carbocycles. The van der Waals surface area contributed by atoms with Crippen LogP contribution in [-0.4, -0.2) is 0 Å².